The minimum Gasteiger partial charge on any atom is -0.378 e. The number of sulfonamides is 1. The molecule has 23 heavy (non-hydrogen) atoms. The van der Waals surface area contributed by atoms with Crippen LogP contribution in [0.4, 0.5) is 5.69 Å². The van der Waals surface area contributed by atoms with E-state index in [-0.39, 0.29) is 0 Å². The maximum atomic E-state index is 11.5. The van der Waals surface area contributed by atoms with Gasteiger partial charge in [0.1, 0.15) is 0 Å². The zero-order valence-corrected chi connectivity index (χ0v) is 14.2. The monoisotopic (exact) mass is 339 g/mol. The number of hydrogen-bond acceptors (Lipinski definition) is 5. The van der Waals surface area contributed by atoms with Gasteiger partial charge < -0.3 is 9.64 Å². The third-order valence-corrected chi connectivity index (χ3v) is 5.96. The molecule has 2 fully saturated rings. The summed E-state index contributed by atoms with van der Waals surface area (Å²) in [6.07, 6.45) is 1.55. The predicted molar refractivity (Wildman–Crippen MR) is 90.9 cm³/mol. The van der Waals surface area contributed by atoms with Gasteiger partial charge in [0.2, 0.25) is 10.0 Å². The van der Waals surface area contributed by atoms with Crippen molar-refractivity contribution in [3.63, 3.8) is 0 Å². The molecule has 2 aliphatic rings. The molecule has 2 heterocycles. The SMILES string of the molecule is NS(=O)(=O)C1CCCN(Cc2ccc(N3CCOCC3)cc2)C1. The molecule has 0 radical (unpaired) electrons. The van der Waals surface area contributed by atoms with Crippen LogP contribution in [0.5, 0.6) is 0 Å². The van der Waals surface area contributed by atoms with Crippen LogP contribution in [0.15, 0.2) is 24.3 Å². The Morgan fingerprint density at radius 2 is 1.83 bits per heavy atom. The second-order valence-electron chi connectivity index (χ2n) is 6.35. The van der Waals surface area contributed by atoms with Gasteiger partial charge >= 0.3 is 0 Å². The summed E-state index contributed by atoms with van der Waals surface area (Å²) in [5.41, 5.74) is 2.43. The molecule has 0 bridgehead atoms. The van der Waals surface area contributed by atoms with E-state index in [1.807, 2.05) is 0 Å². The summed E-state index contributed by atoms with van der Waals surface area (Å²) in [5, 5.41) is 4.87. The maximum Gasteiger partial charge on any atom is 0.213 e. The van der Waals surface area contributed by atoms with Gasteiger partial charge in [-0.3, -0.25) is 4.90 Å². The van der Waals surface area contributed by atoms with Gasteiger partial charge in [-0.05, 0) is 37.1 Å². The van der Waals surface area contributed by atoms with Crippen molar-refractivity contribution in [2.24, 2.45) is 5.14 Å². The van der Waals surface area contributed by atoms with Crippen LogP contribution in [0.3, 0.4) is 0 Å². The first kappa shape index (κ1) is 16.7. The summed E-state index contributed by atoms with van der Waals surface area (Å²) in [6, 6.07) is 8.54. The quantitative estimate of drug-likeness (QED) is 0.877. The predicted octanol–water partition coefficient (Wildman–Crippen LogP) is 0.776. The smallest absolute Gasteiger partial charge is 0.213 e. The average Bonchev–Trinajstić information content (AvgIpc) is 2.56. The van der Waals surface area contributed by atoms with Gasteiger partial charge in [-0.2, -0.15) is 0 Å². The number of benzene rings is 1. The number of ether oxygens (including phenoxy) is 1. The number of nitrogens with zero attached hydrogens (tertiary/aromatic N) is 2. The highest BCUT2D eigenvalue weighted by Crippen LogP contribution is 2.20. The minimum absolute atomic E-state index is 0.427. The number of primary sulfonamides is 1. The van der Waals surface area contributed by atoms with Crippen molar-refractivity contribution >= 4 is 15.7 Å². The van der Waals surface area contributed by atoms with Crippen LogP contribution in [0.2, 0.25) is 0 Å². The van der Waals surface area contributed by atoms with Gasteiger partial charge in [0.05, 0.1) is 18.5 Å². The Hall–Kier alpha value is -1.15. The molecular weight excluding hydrogens is 314 g/mol. The van der Waals surface area contributed by atoms with Crippen molar-refractivity contribution in [1.29, 1.82) is 0 Å². The molecule has 0 aromatic heterocycles. The van der Waals surface area contributed by atoms with E-state index in [1.54, 1.807) is 0 Å². The van der Waals surface area contributed by atoms with E-state index in [0.717, 1.165) is 45.8 Å². The highest BCUT2D eigenvalue weighted by molar-refractivity contribution is 7.89. The number of anilines is 1. The van der Waals surface area contributed by atoms with Crippen LogP contribution in [-0.4, -0.2) is 58.0 Å². The number of piperidine rings is 1. The number of hydrogen-bond donors (Lipinski definition) is 1. The van der Waals surface area contributed by atoms with Crippen LogP contribution >= 0.6 is 0 Å². The summed E-state index contributed by atoms with van der Waals surface area (Å²) in [6.45, 7) is 5.66. The van der Waals surface area contributed by atoms with Crippen molar-refractivity contribution < 1.29 is 13.2 Å². The highest BCUT2D eigenvalue weighted by Gasteiger charge is 2.27. The lowest BCUT2D eigenvalue weighted by molar-refractivity contribution is 0.122. The maximum absolute atomic E-state index is 11.5. The molecule has 1 aromatic carbocycles. The van der Waals surface area contributed by atoms with Gasteiger partial charge in [-0.25, -0.2) is 13.6 Å². The van der Waals surface area contributed by atoms with E-state index in [1.165, 1.54) is 11.3 Å². The first-order chi connectivity index (χ1) is 11.0. The van der Waals surface area contributed by atoms with Gasteiger partial charge in [0.25, 0.3) is 0 Å². The Kier molecular flexibility index (Phi) is 5.21. The van der Waals surface area contributed by atoms with Crippen molar-refractivity contribution in [1.82, 2.24) is 4.90 Å². The zero-order chi connectivity index (χ0) is 16.3. The fraction of sp³-hybridized carbons (Fsp3) is 0.625. The van der Waals surface area contributed by atoms with E-state index in [2.05, 4.69) is 34.1 Å². The van der Waals surface area contributed by atoms with Crippen LogP contribution in [-0.2, 0) is 21.3 Å². The second kappa shape index (κ2) is 7.17. The molecule has 1 aromatic rings. The summed E-state index contributed by atoms with van der Waals surface area (Å²) in [5.74, 6) is 0. The molecular formula is C16H25N3O3S. The molecule has 2 aliphatic heterocycles. The molecule has 0 amide bonds. The lowest BCUT2D eigenvalue weighted by Crippen LogP contribution is -2.44. The van der Waals surface area contributed by atoms with E-state index in [0.29, 0.717) is 13.0 Å². The zero-order valence-electron chi connectivity index (χ0n) is 13.4. The van der Waals surface area contributed by atoms with Crippen molar-refractivity contribution in [2.75, 3.05) is 44.3 Å². The van der Waals surface area contributed by atoms with Crippen LogP contribution in [0.1, 0.15) is 18.4 Å². The first-order valence-electron chi connectivity index (χ1n) is 8.18. The molecule has 3 rings (SSSR count). The average molecular weight is 339 g/mol. The molecule has 0 saturated carbocycles. The van der Waals surface area contributed by atoms with Crippen molar-refractivity contribution in [3.8, 4) is 0 Å². The third kappa shape index (κ3) is 4.44. The van der Waals surface area contributed by atoms with Gasteiger partial charge in [0.15, 0.2) is 0 Å². The fourth-order valence-corrected chi connectivity index (χ4v) is 4.23. The Morgan fingerprint density at radius 1 is 1.13 bits per heavy atom. The molecule has 1 atom stereocenters. The number of nitrogens with two attached hydrogens (primary N) is 1. The molecule has 6 nitrogen and oxygen atoms in total. The molecule has 128 valence electrons. The number of likely N-dealkylation sites (tertiary alicyclic amines) is 1. The minimum atomic E-state index is -3.43. The molecule has 0 spiro atoms. The van der Waals surface area contributed by atoms with Crippen LogP contribution in [0, 0.1) is 0 Å². The van der Waals surface area contributed by atoms with E-state index < -0.39 is 15.3 Å². The summed E-state index contributed by atoms with van der Waals surface area (Å²) < 4.78 is 28.5. The molecule has 0 aliphatic carbocycles. The lowest BCUT2D eigenvalue weighted by Gasteiger charge is -2.32. The summed E-state index contributed by atoms with van der Waals surface area (Å²) >= 11 is 0. The highest BCUT2D eigenvalue weighted by atomic mass is 32.2. The van der Waals surface area contributed by atoms with Crippen LogP contribution < -0.4 is 10.0 Å². The fourth-order valence-electron chi connectivity index (χ4n) is 3.32. The standard InChI is InChI=1S/C16H25N3O3S/c17-23(20,21)16-2-1-7-18(13-16)12-14-3-5-15(6-4-14)19-8-10-22-11-9-19/h3-6,16H,1-2,7-13H2,(H2,17,20,21). The normalized spacial score (nSPS) is 23.9. The summed E-state index contributed by atoms with van der Waals surface area (Å²) in [4.78, 5) is 4.51. The van der Waals surface area contributed by atoms with Gasteiger partial charge in [0, 0.05) is 31.9 Å². The van der Waals surface area contributed by atoms with Gasteiger partial charge in [-0.15, -0.1) is 0 Å². The number of morpholine rings is 1. The molecule has 2 saturated heterocycles. The second-order valence-corrected chi connectivity index (χ2v) is 8.20. The third-order valence-electron chi connectivity index (χ3n) is 4.65. The van der Waals surface area contributed by atoms with Gasteiger partial charge in [-0.1, -0.05) is 12.1 Å². The topological polar surface area (TPSA) is 75.9 Å². The van der Waals surface area contributed by atoms with E-state index in [9.17, 15) is 8.42 Å². The van der Waals surface area contributed by atoms with Crippen molar-refractivity contribution in [3.05, 3.63) is 29.8 Å². The largest absolute Gasteiger partial charge is 0.378 e. The Balaban J connectivity index is 1.59. The lowest BCUT2D eigenvalue weighted by atomic mass is 10.1. The van der Waals surface area contributed by atoms with E-state index >= 15 is 0 Å². The molecule has 1 unspecified atom stereocenters. The van der Waals surface area contributed by atoms with Crippen molar-refractivity contribution in [2.45, 2.75) is 24.6 Å². The number of rotatable bonds is 4. The first-order valence-corrected chi connectivity index (χ1v) is 9.79. The Labute approximate surface area is 138 Å². The van der Waals surface area contributed by atoms with E-state index in [4.69, 9.17) is 9.88 Å². The molecule has 2 N–H and O–H groups in total. The molecule has 7 heteroatoms. The Morgan fingerprint density at radius 3 is 2.48 bits per heavy atom. The summed E-state index contributed by atoms with van der Waals surface area (Å²) in [7, 11) is -3.43. The van der Waals surface area contributed by atoms with Crippen LogP contribution in [0.25, 0.3) is 0 Å². The Bertz CT molecular complexity index is 612.